The predicted octanol–water partition coefficient (Wildman–Crippen LogP) is 2.08. The number of methoxy groups -OCH3 is 1. The van der Waals surface area contributed by atoms with Gasteiger partial charge in [0.15, 0.2) is 0 Å². The van der Waals surface area contributed by atoms with Crippen LogP contribution in [0, 0.1) is 5.92 Å². The largest absolute Gasteiger partial charge is 0.384 e. The predicted molar refractivity (Wildman–Crippen MR) is 74.7 cm³/mol. The number of benzene rings is 1. The van der Waals surface area contributed by atoms with E-state index in [0.717, 1.165) is 12.0 Å². The van der Waals surface area contributed by atoms with Crippen LogP contribution in [-0.2, 0) is 20.6 Å². The SMILES string of the molecule is COCC1CCN(S(=O)(=O)c2cccc(CCl)c2)C1. The molecule has 4 nitrogen and oxygen atoms in total. The fraction of sp³-hybridized carbons (Fsp3) is 0.538. The van der Waals surface area contributed by atoms with Crippen molar-refractivity contribution in [2.45, 2.75) is 17.2 Å². The lowest BCUT2D eigenvalue weighted by Crippen LogP contribution is -2.29. The van der Waals surface area contributed by atoms with Crippen molar-refractivity contribution in [2.75, 3.05) is 26.8 Å². The van der Waals surface area contributed by atoms with Gasteiger partial charge in [0.1, 0.15) is 0 Å². The van der Waals surface area contributed by atoms with Gasteiger partial charge in [0.2, 0.25) is 10.0 Å². The standard InChI is InChI=1S/C13H18ClNO3S/c1-18-10-12-5-6-15(9-12)19(16,17)13-4-2-3-11(7-13)8-14/h2-4,7,12H,5-6,8-10H2,1H3. The zero-order valence-electron chi connectivity index (χ0n) is 10.9. The first-order chi connectivity index (χ1) is 9.07. The first kappa shape index (κ1) is 14.8. The molecular weight excluding hydrogens is 286 g/mol. The van der Waals surface area contributed by atoms with Crippen LogP contribution in [0.15, 0.2) is 29.2 Å². The van der Waals surface area contributed by atoms with Gasteiger partial charge in [0, 0.05) is 26.1 Å². The van der Waals surface area contributed by atoms with E-state index >= 15 is 0 Å². The molecule has 1 aromatic carbocycles. The molecule has 0 N–H and O–H groups in total. The zero-order valence-corrected chi connectivity index (χ0v) is 12.5. The van der Waals surface area contributed by atoms with E-state index in [1.807, 2.05) is 6.07 Å². The Balaban J connectivity index is 2.18. The van der Waals surface area contributed by atoms with E-state index < -0.39 is 10.0 Å². The van der Waals surface area contributed by atoms with Gasteiger partial charge in [-0.05, 0) is 30.0 Å². The first-order valence-electron chi connectivity index (χ1n) is 6.22. The van der Waals surface area contributed by atoms with Gasteiger partial charge in [-0.2, -0.15) is 4.31 Å². The molecule has 1 unspecified atom stereocenters. The molecule has 1 aromatic rings. The van der Waals surface area contributed by atoms with Crippen molar-refractivity contribution < 1.29 is 13.2 Å². The average molecular weight is 304 g/mol. The molecule has 1 aliphatic heterocycles. The maximum Gasteiger partial charge on any atom is 0.243 e. The van der Waals surface area contributed by atoms with Gasteiger partial charge in [-0.3, -0.25) is 0 Å². The van der Waals surface area contributed by atoms with Crippen molar-refractivity contribution in [1.29, 1.82) is 0 Å². The van der Waals surface area contributed by atoms with E-state index in [9.17, 15) is 8.42 Å². The lowest BCUT2D eigenvalue weighted by Gasteiger charge is -2.17. The maximum atomic E-state index is 12.5. The van der Waals surface area contributed by atoms with Crippen LogP contribution in [0.25, 0.3) is 0 Å². The van der Waals surface area contributed by atoms with Gasteiger partial charge in [-0.1, -0.05) is 12.1 Å². The van der Waals surface area contributed by atoms with Crippen molar-refractivity contribution >= 4 is 21.6 Å². The minimum absolute atomic E-state index is 0.288. The van der Waals surface area contributed by atoms with Gasteiger partial charge in [-0.25, -0.2) is 8.42 Å². The third-order valence-electron chi connectivity index (χ3n) is 3.34. The summed E-state index contributed by atoms with van der Waals surface area (Å²) in [4.78, 5) is 0.323. The number of rotatable bonds is 5. The summed E-state index contributed by atoms with van der Waals surface area (Å²) in [6, 6.07) is 6.82. The van der Waals surface area contributed by atoms with Gasteiger partial charge >= 0.3 is 0 Å². The number of ether oxygens (including phenoxy) is 1. The summed E-state index contributed by atoms with van der Waals surface area (Å²) in [5.41, 5.74) is 0.815. The molecule has 1 saturated heterocycles. The van der Waals surface area contributed by atoms with Gasteiger partial charge in [0.25, 0.3) is 0 Å². The van der Waals surface area contributed by atoms with Crippen molar-refractivity contribution in [2.24, 2.45) is 5.92 Å². The molecule has 0 radical (unpaired) electrons. The van der Waals surface area contributed by atoms with Crippen molar-refractivity contribution in [3.8, 4) is 0 Å². The molecule has 6 heteroatoms. The minimum atomic E-state index is -3.40. The highest BCUT2D eigenvalue weighted by Crippen LogP contribution is 2.25. The minimum Gasteiger partial charge on any atom is -0.384 e. The summed E-state index contributed by atoms with van der Waals surface area (Å²) in [5.74, 6) is 0.603. The summed E-state index contributed by atoms with van der Waals surface area (Å²) in [6.45, 7) is 1.69. The maximum absolute atomic E-state index is 12.5. The zero-order chi connectivity index (χ0) is 13.9. The van der Waals surface area contributed by atoms with Crippen LogP contribution in [0.4, 0.5) is 0 Å². The molecular formula is C13H18ClNO3S. The van der Waals surface area contributed by atoms with Crippen LogP contribution in [-0.4, -0.2) is 39.5 Å². The normalized spacial score (nSPS) is 20.8. The van der Waals surface area contributed by atoms with Gasteiger partial charge in [-0.15, -0.1) is 11.6 Å². The third-order valence-corrected chi connectivity index (χ3v) is 5.51. The Morgan fingerprint density at radius 1 is 1.47 bits per heavy atom. The van der Waals surface area contributed by atoms with Gasteiger partial charge in [0.05, 0.1) is 11.5 Å². The Labute approximate surface area is 119 Å². The second-order valence-corrected chi connectivity index (χ2v) is 6.96. The van der Waals surface area contributed by atoms with Crippen molar-refractivity contribution in [3.05, 3.63) is 29.8 Å². The molecule has 1 aliphatic rings. The quantitative estimate of drug-likeness (QED) is 0.783. The Bertz CT molecular complexity index is 532. The van der Waals surface area contributed by atoms with E-state index in [0.29, 0.717) is 30.5 Å². The Morgan fingerprint density at radius 2 is 2.26 bits per heavy atom. The number of hydrogen-bond donors (Lipinski definition) is 0. The number of nitrogens with zero attached hydrogens (tertiary/aromatic N) is 1. The second kappa shape index (κ2) is 6.22. The average Bonchev–Trinajstić information content (AvgIpc) is 2.88. The molecule has 106 valence electrons. The molecule has 19 heavy (non-hydrogen) atoms. The Morgan fingerprint density at radius 3 is 2.95 bits per heavy atom. The van der Waals surface area contributed by atoms with Crippen LogP contribution in [0.3, 0.4) is 0 Å². The fourth-order valence-electron chi connectivity index (χ4n) is 2.33. The van der Waals surface area contributed by atoms with E-state index in [1.54, 1.807) is 25.3 Å². The summed E-state index contributed by atoms with van der Waals surface area (Å²) in [7, 11) is -1.76. The van der Waals surface area contributed by atoms with Crippen LogP contribution in [0.1, 0.15) is 12.0 Å². The van der Waals surface area contributed by atoms with Crippen molar-refractivity contribution in [1.82, 2.24) is 4.31 Å². The summed E-state index contributed by atoms with van der Waals surface area (Å²) in [5, 5.41) is 0. The summed E-state index contributed by atoms with van der Waals surface area (Å²) >= 11 is 5.75. The molecule has 1 fully saturated rings. The molecule has 0 saturated carbocycles. The number of halogens is 1. The highest BCUT2D eigenvalue weighted by Gasteiger charge is 2.32. The van der Waals surface area contributed by atoms with Crippen LogP contribution in [0.5, 0.6) is 0 Å². The monoisotopic (exact) mass is 303 g/mol. The molecule has 1 atom stereocenters. The highest BCUT2D eigenvalue weighted by atomic mass is 35.5. The molecule has 0 aromatic heterocycles. The lowest BCUT2D eigenvalue weighted by molar-refractivity contribution is 0.157. The van der Waals surface area contributed by atoms with E-state index in [-0.39, 0.29) is 5.92 Å². The van der Waals surface area contributed by atoms with Crippen LogP contribution >= 0.6 is 11.6 Å². The Kier molecular flexibility index (Phi) is 4.84. The highest BCUT2D eigenvalue weighted by molar-refractivity contribution is 7.89. The third kappa shape index (κ3) is 3.28. The Hall–Kier alpha value is -0.620. The number of sulfonamides is 1. The lowest BCUT2D eigenvalue weighted by atomic mass is 10.1. The molecule has 2 rings (SSSR count). The topological polar surface area (TPSA) is 46.6 Å². The molecule has 0 amide bonds. The summed E-state index contributed by atoms with van der Waals surface area (Å²) in [6.07, 6.45) is 0.849. The molecule has 0 bridgehead atoms. The smallest absolute Gasteiger partial charge is 0.243 e. The second-order valence-electron chi connectivity index (χ2n) is 4.75. The van der Waals surface area contributed by atoms with E-state index in [4.69, 9.17) is 16.3 Å². The van der Waals surface area contributed by atoms with E-state index in [2.05, 4.69) is 0 Å². The van der Waals surface area contributed by atoms with Crippen molar-refractivity contribution in [3.63, 3.8) is 0 Å². The molecule has 1 heterocycles. The number of alkyl halides is 1. The van der Waals surface area contributed by atoms with Gasteiger partial charge < -0.3 is 4.74 Å². The first-order valence-corrected chi connectivity index (χ1v) is 8.19. The van der Waals surface area contributed by atoms with Crippen LogP contribution in [0.2, 0.25) is 0 Å². The molecule has 0 aliphatic carbocycles. The fourth-order valence-corrected chi connectivity index (χ4v) is 4.09. The van der Waals surface area contributed by atoms with Crippen LogP contribution < -0.4 is 0 Å². The molecule has 0 spiro atoms. The number of hydrogen-bond acceptors (Lipinski definition) is 3. The summed E-state index contributed by atoms with van der Waals surface area (Å²) < 4.78 is 31.6. The van der Waals surface area contributed by atoms with E-state index in [1.165, 1.54) is 4.31 Å².